The van der Waals surface area contributed by atoms with Crippen molar-refractivity contribution >= 4 is 34.8 Å². The molecule has 0 bridgehead atoms. The van der Waals surface area contributed by atoms with Gasteiger partial charge in [-0.25, -0.2) is 4.98 Å². The topological polar surface area (TPSA) is 54.9 Å². The quantitative estimate of drug-likeness (QED) is 0.755. The molecular weight excluding hydrogens is 401 g/mol. The minimum atomic E-state index is -0.0797. The fraction of sp³-hybridized carbons (Fsp3) is 0.400. The number of ether oxygens (including phenoxy) is 2. The summed E-state index contributed by atoms with van der Waals surface area (Å²) < 4.78 is 11.0. The number of para-hydroxylation sites is 1. The summed E-state index contributed by atoms with van der Waals surface area (Å²) in [5, 5.41) is 1.06. The van der Waals surface area contributed by atoms with Crippen molar-refractivity contribution in [2.75, 3.05) is 44.3 Å². The van der Waals surface area contributed by atoms with Crippen LogP contribution in [0, 0.1) is 0 Å². The molecule has 2 aliphatic heterocycles. The number of carbonyl (C=O) groups is 1. The number of amides is 1. The molecule has 1 atom stereocenters. The predicted molar refractivity (Wildman–Crippen MR) is 109 cm³/mol. The van der Waals surface area contributed by atoms with Crippen molar-refractivity contribution < 1.29 is 14.3 Å². The molecule has 6 nitrogen and oxygen atoms in total. The van der Waals surface area contributed by atoms with Gasteiger partial charge in [-0.1, -0.05) is 35.3 Å². The van der Waals surface area contributed by atoms with Crippen molar-refractivity contribution in [3.63, 3.8) is 0 Å². The van der Waals surface area contributed by atoms with Crippen molar-refractivity contribution in [2.45, 2.75) is 12.5 Å². The van der Waals surface area contributed by atoms with E-state index in [9.17, 15) is 4.79 Å². The Labute approximate surface area is 173 Å². The summed E-state index contributed by atoms with van der Waals surface area (Å²) >= 11 is 12.6. The molecule has 8 heteroatoms. The van der Waals surface area contributed by atoms with E-state index in [0.29, 0.717) is 42.8 Å². The highest BCUT2D eigenvalue weighted by Crippen LogP contribution is 2.28. The minimum Gasteiger partial charge on any atom is -0.471 e. The van der Waals surface area contributed by atoms with Gasteiger partial charge in [-0.05, 0) is 18.2 Å². The summed E-state index contributed by atoms with van der Waals surface area (Å²) in [6.07, 6.45) is 2.30. The molecule has 2 aliphatic rings. The van der Waals surface area contributed by atoms with Crippen LogP contribution in [-0.2, 0) is 4.74 Å². The van der Waals surface area contributed by atoms with Gasteiger partial charge >= 0.3 is 0 Å². The van der Waals surface area contributed by atoms with Crippen molar-refractivity contribution in [1.82, 2.24) is 9.88 Å². The summed E-state index contributed by atoms with van der Waals surface area (Å²) in [7, 11) is 0. The molecule has 148 valence electrons. The number of halogens is 2. The molecule has 1 amide bonds. The fourth-order valence-corrected chi connectivity index (χ4v) is 3.90. The van der Waals surface area contributed by atoms with Gasteiger partial charge in [0, 0.05) is 38.8 Å². The number of benzene rings is 1. The van der Waals surface area contributed by atoms with E-state index in [4.69, 9.17) is 32.7 Å². The average Bonchev–Trinajstić information content (AvgIpc) is 3.23. The first-order valence-corrected chi connectivity index (χ1v) is 10.1. The van der Waals surface area contributed by atoms with Crippen LogP contribution in [0.25, 0.3) is 0 Å². The SMILES string of the molecule is O=C(c1cnc(OC2CCOC2)c(Cl)c1)N1CCN(c2ccccc2Cl)CC1. The smallest absolute Gasteiger partial charge is 0.255 e. The first-order chi connectivity index (χ1) is 13.6. The van der Waals surface area contributed by atoms with E-state index in [1.54, 1.807) is 6.07 Å². The molecule has 0 saturated carbocycles. The van der Waals surface area contributed by atoms with Gasteiger partial charge in [0.25, 0.3) is 5.91 Å². The van der Waals surface area contributed by atoms with E-state index in [2.05, 4.69) is 9.88 Å². The van der Waals surface area contributed by atoms with Crippen LogP contribution in [-0.4, -0.2) is 61.3 Å². The van der Waals surface area contributed by atoms with Crippen molar-refractivity contribution in [3.05, 3.63) is 52.1 Å². The van der Waals surface area contributed by atoms with Crippen LogP contribution in [0.3, 0.4) is 0 Å². The molecule has 1 unspecified atom stereocenters. The zero-order valence-electron chi connectivity index (χ0n) is 15.3. The standard InChI is InChI=1S/C20H21Cl2N3O3/c21-16-3-1-2-4-18(16)24-6-8-25(9-7-24)20(26)14-11-17(22)19(23-12-14)28-15-5-10-27-13-15/h1-4,11-12,15H,5-10,13H2. The molecule has 2 fully saturated rings. The largest absolute Gasteiger partial charge is 0.471 e. The maximum absolute atomic E-state index is 12.8. The Bertz CT molecular complexity index is 850. The third-order valence-electron chi connectivity index (χ3n) is 4.98. The molecule has 3 heterocycles. The maximum atomic E-state index is 12.8. The Balaban J connectivity index is 1.38. The summed E-state index contributed by atoms with van der Waals surface area (Å²) in [4.78, 5) is 21.1. The lowest BCUT2D eigenvalue weighted by molar-refractivity contribution is 0.0746. The summed E-state index contributed by atoms with van der Waals surface area (Å²) in [6, 6.07) is 9.38. The van der Waals surface area contributed by atoms with Crippen molar-refractivity contribution in [1.29, 1.82) is 0 Å². The monoisotopic (exact) mass is 421 g/mol. The molecule has 28 heavy (non-hydrogen) atoms. The highest BCUT2D eigenvalue weighted by atomic mass is 35.5. The first kappa shape index (κ1) is 19.3. The number of aromatic nitrogens is 1. The number of anilines is 1. The highest BCUT2D eigenvalue weighted by molar-refractivity contribution is 6.33. The normalized spacial score (nSPS) is 19.7. The summed E-state index contributed by atoms with van der Waals surface area (Å²) in [5.41, 5.74) is 1.46. The van der Waals surface area contributed by atoms with Gasteiger partial charge in [0.15, 0.2) is 0 Å². The van der Waals surface area contributed by atoms with E-state index < -0.39 is 0 Å². The van der Waals surface area contributed by atoms with E-state index in [0.717, 1.165) is 30.2 Å². The highest BCUT2D eigenvalue weighted by Gasteiger charge is 2.25. The molecule has 1 aromatic heterocycles. The van der Waals surface area contributed by atoms with Crippen LogP contribution in [0.1, 0.15) is 16.8 Å². The minimum absolute atomic E-state index is 0.0376. The van der Waals surface area contributed by atoms with Crippen LogP contribution in [0.15, 0.2) is 36.5 Å². The zero-order chi connectivity index (χ0) is 19.5. The molecule has 0 N–H and O–H groups in total. The Kier molecular flexibility index (Phi) is 5.90. The van der Waals surface area contributed by atoms with E-state index in [1.165, 1.54) is 6.20 Å². The molecule has 2 aromatic rings. The lowest BCUT2D eigenvalue weighted by Crippen LogP contribution is -2.48. The Morgan fingerprint density at radius 1 is 1.14 bits per heavy atom. The maximum Gasteiger partial charge on any atom is 0.255 e. The average molecular weight is 422 g/mol. The fourth-order valence-electron chi connectivity index (χ4n) is 3.43. The summed E-state index contributed by atoms with van der Waals surface area (Å²) in [6.45, 7) is 3.88. The molecule has 1 aromatic carbocycles. The van der Waals surface area contributed by atoms with Crippen molar-refractivity contribution in [2.24, 2.45) is 0 Å². The van der Waals surface area contributed by atoms with Crippen LogP contribution in [0.5, 0.6) is 5.88 Å². The van der Waals surface area contributed by atoms with E-state index in [-0.39, 0.29) is 12.0 Å². The predicted octanol–water partition coefficient (Wildman–Crippen LogP) is 3.52. The van der Waals surface area contributed by atoms with Crippen LogP contribution < -0.4 is 9.64 Å². The third kappa shape index (κ3) is 4.19. The number of hydrogen-bond donors (Lipinski definition) is 0. The number of carbonyl (C=O) groups excluding carboxylic acids is 1. The molecule has 0 radical (unpaired) electrons. The number of nitrogens with zero attached hydrogens (tertiary/aromatic N) is 3. The lowest BCUT2D eigenvalue weighted by atomic mass is 10.2. The third-order valence-corrected chi connectivity index (χ3v) is 5.57. The lowest BCUT2D eigenvalue weighted by Gasteiger charge is -2.36. The van der Waals surface area contributed by atoms with Gasteiger partial charge in [0.1, 0.15) is 11.1 Å². The van der Waals surface area contributed by atoms with Gasteiger partial charge in [-0.3, -0.25) is 4.79 Å². The second-order valence-corrected chi connectivity index (χ2v) is 7.66. The molecule has 0 aliphatic carbocycles. The van der Waals surface area contributed by atoms with Crippen LogP contribution >= 0.6 is 23.2 Å². The first-order valence-electron chi connectivity index (χ1n) is 9.30. The zero-order valence-corrected chi connectivity index (χ0v) is 16.8. The van der Waals surface area contributed by atoms with Gasteiger partial charge in [-0.15, -0.1) is 0 Å². The van der Waals surface area contributed by atoms with E-state index in [1.807, 2.05) is 29.2 Å². The molecular formula is C20H21Cl2N3O3. The van der Waals surface area contributed by atoms with Gasteiger partial charge in [0.2, 0.25) is 5.88 Å². The molecule has 4 rings (SSSR count). The second-order valence-electron chi connectivity index (χ2n) is 6.85. The molecule has 0 spiro atoms. The number of pyridine rings is 1. The number of piperazine rings is 1. The number of hydrogen-bond acceptors (Lipinski definition) is 5. The summed E-state index contributed by atoms with van der Waals surface area (Å²) in [5.74, 6) is 0.265. The van der Waals surface area contributed by atoms with Gasteiger partial charge < -0.3 is 19.3 Å². The van der Waals surface area contributed by atoms with Crippen LogP contribution in [0.2, 0.25) is 10.0 Å². The molecule has 2 saturated heterocycles. The van der Waals surface area contributed by atoms with Crippen molar-refractivity contribution in [3.8, 4) is 5.88 Å². The number of rotatable bonds is 4. The van der Waals surface area contributed by atoms with E-state index >= 15 is 0 Å². The Morgan fingerprint density at radius 2 is 1.93 bits per heavy atom. The van der Waals surface area contributed by atoms with Crippen LogP contribution in [0.4, 0.5) is 5.69 Å². The second kappa shape index (κ2) is 8.55. The Morgan fingerprint density at radius 3 is 2.61 bits per heavy atom. The Hall–Kier alpha value is -2.02. The van der Waals surface area contributed by atoms with Gasteiger partial charge in [0.05, 0.1) is 29.5 Å². The van der Waals surface area contributed by atoms with Gasteiger partial charge in [-0.2, -0.15) is 0 Å².